The molecule has 0 aromatic heterocycles. The molecule has 2 atom stereocenters. The van der Waals surface area contributed by atoms with E-state index in [1.54, 1.807) is 0 Å². The molecule has 1 heterocycles. The number of hydrogen-bond acceptors (Lipinski definition) is 3. The van der Waals surface area contributed by atoms with Gasteiger partial charge in [0.25, 0.3) is 0 Å². The van der Waals surface area contributed by atoms with E-state index in [0.717, 1.165) is 13.0 Å². The van der Waals surface area contributed by atoms with E-state index in [-0.39, 0.29) is 6.10 Å². The molecule has 3 heteroatoms. The van der Waals surface area contributed by atoms with Gasteiger partial charge in [0.2, 0.25) is 0 Å². The Hall–Kier alpha value is -0.590. The van der Waals surface area contributed by atoms with E-state index in [2.05, 4.69) is 6.07 Å². The Balaban J connectivity index is 2.35. The van der Waals surface area contributed by atoms with Crippen LogP contribution in [0.4, 0.5) is 0 Å². The van der Waals surface area contributed by atoms with E-state index in [4.69, 9.17) is 14.7 Å². The van der Waals surface area contributed by atoms with Crippen LogP contribution in [-0.2, 0) is 9.47 Å². The average Bonchev–Trinajstić information content (AvgIpc) is 2.52. The number of ether oxygens (including phenoxy) is 2. The van der Waals surface area contributed by atoms with Gasteiger partial charge in [-0.25, -0.2) is 0 Å². The first-order valence-electron chi connectivity index (χ1n) is 3.97. The molecule has 0 spiro atoms. The summed E-state index contributed by atoms with van der Waals surface area (Å²) in [6.07, 6.45) is 0.695. The summed E-state index contributed by atoms with van der Waals surface area (Å²) in [6, 6.07) is 2.14. The van der Waals surface area contributed by atoms with Crippen molar-refractivity contribution in [3.63, 3.8) is 0 Å². The van der Waals surface area contributed by atoms with E-state index in [1.807, 2.05) is 6.92 Å². The zero-order valence-electron chi connectivity index (χ0n) is 6.75. The fourth-order valence-corrected chi connectivity index (χ4v) is 1.25. The highest BCUT2D eigenvalue weighted by Gasteiger charge is 2.25. The summed E-state index contributed by atoms with van der Waals surface area (Å²) >= 11 is 0. The molecule has 0 aliphatic carbocycles. The molecule has 1 aliphatic rings. The van der Waals surface area contributed by atoms with Gasteiger partial charge < -0.3 is 9.47 Å². The van der Waals surface area contributed by atoms with Crippen molar-refractivity contribution in [2.45, 2.75) is 19.4 Å². The summed E-state index contributed by atoms with van der Waals surface area (Å²) in [4.78, 5) is 0. The Morgan fingerprint density at radius 2 is 2.64 bits per heavy atom. The predicted octanol–water partition coefficient (Wildman–Crippen LogP) is 0.952. The second-order valence-corrected chi connectivity index (χ2v) is 2.63. The summed E-state index contributed by atoms with van der Waals surface area (Å²) in [6.45, 7) is 3.96. The van der Waals surface area contributed by atoms with Crippen molar-refractivity contribution in [2.75, 3.05) is 19.8 Å². The van der Waals surface area contributed by atoms with Crippen LogP contribution in [0.25, 0.3) is 0 Å². The lowest BCUT2D eigenvalue weighted by molar-refractivity contribution is 0.0524. The largest absolute Gasteiger partial charge is 0.381 e. The monoisotopic (exact) mass is 155 g/mol. The van der Waals surface area contributed by atoms with E-state index < -0.39 is 0 Å². The highest BCUT2D eigenvalue weighted by Crippen LogP contribution is 2.18. The summed E-state index contributed by atoms with van der Waals surface area (Å²) in [5, 5.41) is 8.69. The molecule has 0 N–H and O–H groups in total. The molecule has 0 radical (unpaired) electrons. The fourth-order valence-electron chi connectivity index (χ4n) is 1.25. The van der Waals surface area contributed by atoms with Crippen molar-refractivity contribution < 1.29 is 9.47 Å². The van der Waals surface area contributed by atoms with Crippen LogP contribution in [0.3, 0.4) is 0 Å². The normalized spacial score (nSPS) is 26.4. The number of nitriles is 1. The van der Waals surface area contributed by atoms with E-state index >= 15 is 0 Å². The lowest BCUT2D eigenvalue weighted by Gasteiger charge is -2.13. The Kier molecular flexibility index (Phi) is 3.34. The van der Waals surface area contributed by atoms with Crippen LogP contribution < -0.4 is 0 Å². The minimum atomic E-state index is -0.262. The molecule has 0 bridgehead atoms. The van der Waals surface area contributed by atoms with Crippen LogP contribution in [0, 0.1) is 17.2 Å². The molecule has 0 aromatic carbocycles. The molecule has 1 rings (SSSR count). The third-order valence-electron chi connectivity index (χ3n) is 1.87. The van der Waals surface area contributed by atoms with Gasteiger partial charge in [0.1, 0.15) is 6.10 Å². The molecule has 1 fully saturated rings. The third kappa shape index (κ3) is 2.18. The minimum absolute atomic E-state index is 0.262. The van der Waals surface area contributed by atoms with Crippen molar-refractivity contribution >= 4 is 0 Å². The van der Waals surface area contributed by atoms with Crippen LogP contribution in [-0.4, -0.2) is 25.9 Å². The number of hydrogen-bond donors (Lipinski definition) is 0. The summed E-state index contributed by atoms with van der Waals surface area (Å²) in [5.41, 5.74) is 0. The van der Waals surface area contributed by atoms with Gasteiger partial charge in [0, 0.05) is 19.1 Å². The van der Waals surface area contributed by atoms with Gasteiger partial charge in [-0.05, 0) is 13.3 Å². The summed E-state index contributed by atoms with van der Waals surface area (Å²) in [7, 11) is 0. The van der Waals surface area contributed by atoms with Gasteiger partial charge in [0.05, 0.1) is 12.7 Å². The van der Waals surface area contributed by atoms with Gasteiger partial charge in [0.15, 0.2) is 0 Å². The highest BCUT2D eigenvalue weighted by molar-refractivity contribution is 4.91. The molecule has 1 saturated heterocycles. The molecule has 0 aromatic rings. The second-order valence-electron chi connectivity index (χ2n) is 2.63. The first-order valence-corrected chi connectivity index (χ1v) is 3.97. The van der Waals surface area contributed by atoms with Crippen molar-refractivity contribution in [1.29, 1.82) is 5.26 Å². The molecule has 11 heavy (non-hydrogen) atoms. The van der Waals surface area contributed by atoms with Crippen LogP contribution >= 0.6 is 0 Å². The Labute approximate surface area is 66.9 Å². The lowest BCUT2D eigenvalue weighted by atomic mass is 10.0. The molecular weight excluding hydrogens is 142 g/mol. The quantitative estimate of drug-likeness (QED) is 0.609. The van der Waals surface area contributed by atoms with Gasteiger partial charge in [-0.3, -0.25) is 0 Å². The molecule has 0 amide bonds. The van der Waals surface area contributed by atoms with Crippen LogP contribution in [0.5, 0.6) is 0 Å². The Morgan fingerprint density at radius 3 is 3.09 bits per heavy atom. The van der Waals surface area contributed by atoms with Crippen LogP contribution in [0.15, 0.2) is 0 Å². The maximum atomic E-state index is 8.69. The van der Waals surface area contributed by atoms with Gasteiger partial charge >= 0.3 is 0 Å². The van der Waals surface area contributed by atoms with Crippen molar-refractivity contribution in [3.8, 4) is 6.07 Å². The summed E-state index contributed by atoms with van der Waals surface area (Å²) in [5.74, 6) is 0.292. The molecule has 0 saturated carbocycles. The van der Waals surface area contributed by atoms with E-state index in [1.165, 1.54) is 0 Å². The molecule has 3 nitrogen and oxygen atoms in total. The smallest absolute Gasteiger partial charge is 0.149 e. The number of rotatable bonds is 3. The topological polar surface area (TPSA) is 42.2 Å². The van der Waals surface area contributed by atoms with E-state index in [0.29, 0.717) is 19.1 Å². The Bertz CT molecular complexity index is 147. The molecule has 1 aliphatic heterocycles. The summed E-state index contributed by atoms with van der Waals surface area (Å²) < 4.78 is 10.4. The molecular formula is C8H13NO2. The zero-order chi connectivity index (χ0) is 8.10. The predicted molar refractivity (Wildman–Crippen MR) is 40.0 cm³/mol. The maximum Gasteiger partial charge on any atom is 0.149 e. The zero-order valence-corrected chi connectivity index (χ0v) is 6.75. The van der Waals surface area contributed by atoms with E-state index in [9.17, 15) is 0 Å². The standard InChI is InChI=1S/C8H13NO2/c1-2-11-8(5-9)7-3-4-10-6-7/h7-8H,2-4,6H2,1H3. The van der Waals surface area contributed by atoms with Crippen molar-refractivity contribution in [2.24, 2.45) is 5.92 Å². The highest BCUT2D eigenvalue weighted by atomic mass is 16.5. The van der Waals surface area contributed by atoms with Crippen LogP contribution in [0.1, 0.15) is 13.3 Å². The fraction of sp³-hybridized carbons (Fsp3) is 0.875. The molecule has 62 valence electrons. The van der Waals surface area contributed by atoms with Gasteiger partial charge in [-0.1, -0.05) is 0 Å². The number of nitrogens with zero attached hydrogens (tertiary/aromatic N) is 1. The lowest BCUT2D eigenvalue weighted by Crippen LogP contribution is -2.22. The van der Waals surface area contributed by atoms with Crippen molar-refractivity contribution in [3.05, 3.63) is 0 Å². The first kappa shape index (κ1) is 8.51. The van der Waals surface area contributed by atoms with Gasteiger partial charge in [-0.2, -0.15) is 5.26 Å². The van der Waals surface area contributed by atoms with Crippen molar-refractivity contribution in [1.82, 2.24) is 0 Å². The van der Waals surface area contributed by atoms with Gasteiger partial charge in [-0.15, -0.1) is 0 Å². The Morgan fingerprint density at radius 1 is 1.82 bits per heavy atom. The maximum absolute atomic E-state index is 8.69. The first-order chi connectivity index (χ1) is 5.38. The van der Waals surface area contributed by atoms with Crippen LogP contribution in [0.2, 0.25) is 0 Å². The average molecular weight is 155 g/mol. The SMILES string of the molecule is CCOC(C#N)C1CCOC1. The molecule has 2 unspecified atom stereocenters. The third-order valence-corrected chi connectivity index (χ3v) is 1.87. The minimum Gasteiger partial charge on any atom is -0.381 e. The second kappa shape index (κ2) is 4.32.